The molecule has 0 bridgehead atoms. The van der Waals surface area contributed by atoms with E-state index in [1.165, 1.54) is 37.2 Å². The van der Waals surface area contributed by atoms with Crippen LogP contribution in [0.25, 0.3) is 0 Å². The topological polar surface area (TPSA) is 39.6 Å². The number of aromatic nitrogens is 1. The minimum atomic E-state index is -0.608. The van der Waals surface area contributed by atoms with Crippen LogP contribution >= 0.6 is 0 Å². The molecular formula is C21H27N3O. The smallest absolute Gasteiger partial charge is 0.106 e. The number of benzene rings is 1. The number of hydrogen-bond donors (Lipinski definition) is 1. The molecule has 2 aromatic rings. The predicted molar refractivity (Wildman–Crippen MR) is 101 cm³/mol. The molecule has 2 aliphatic heterocycles. The van der Waals surface area contributed by atoms with E-state index in [1.54, 1.807) is 12.4 Å². The van der Waals surface area contributed by atoms with Crippen molar-refractivity contribution in [1.82, 2.24) is 9.88 Å². The molecule has 0 amide bonds. The Balaban J connectivity index is 1.55. The van der Waals surface area contributed by atoms with Crippen molar-refractivity contribution in [2.75, 3.05) is 31.1 Å². The normalized spacial score (nSPS) is 19.8. The second-order valence-electron chi connectivity index (χ2n) is 7.19. The maximum atomic E-state index is 10.7. The fraction of sp³-hybridized carbons (Fsp3) is 0.476. The van der Waals surface area contributed by atoms with Crippen molar-refractivity contribution in [2.45, 2.75) is 38.3 Å². The summed E-state index contributed by atoms with van der Waals surface area (Å²) in [6.07, 6.45) is 6.47. The van der Waals surface area contributed by atoms with E-state index in [0.29, 0.717) is 6.04 Å². The number of rotatable bonds is 4. The van der Waals surface area contributed by atoms with Crippen LogP contribution in [-0.2, 0) is 6.42 Å². The third-order valence-corrected chi connectivity index (χ3v) is 5.80. The second kappa shape index (κ2) is 7.14. The molecular weight excluding hydrogens is 310 g/mol. The highest BCUT2D eigenvalue weighted by atomic mass is 16.3. The number of anilines is 1. The average molecular weight is 337 g/mol. The molecule has 1 aromatic carbocycles. The van der Waals surface area contributed by atoms with Crippen molar-refractivity contribution in [2.24, 2.45) is 0 Å². The molecule has 0 spiro atoms. The Labute approximate surface area is 150 Å². The van der Waals surface area contributed by atoms with Gasteiger partial charge in [-0.2, -0.15) is 0 Å². The number of pyridine rings is 1. The maximum Gasteiger partial charge on any atom is 0.106 e. The van der Waals surface area contributed by atoms with Gasteiger partial charge in [0.15, 0.2) is 0 Å². The standard InChI is InChI=1S/C21H27N3O/c1-2-23-11-8-19(9-12-23)24-13-7-16-5-6-17(14-20(16)24)21(25)18-4-3-10-22-15-18/h3-6,10,14-15,19,21,25H,2,7-9,11-13H2,1H3. The summed E-state index contributed by atoms with van der Waals surface area (Å²) in [5.74, 6) is 0. The molecule has 4 nitrogen and oxygen atoms in total. The van der Waals surface area contributed by atoms with E-state index in [1.807, 2.05) is 12.1 Å². The quantitative estimate of drug-likeness (QED) is 0.931. The molecule has 1 unspecified atom stereocenters. The number of fused-ring (bicyclic) bond motifs is 1. The van der Waals surface area contributed by atoms with Gasteiger partial charge in [-0.05, 0) is 49.1 Å². The minimum Gasteiger partial charge on any atom is -0.384 e. The summed E-state index contributed by atoms with van der Waals surface area (Å²) in [7, 11) is 0. The van der Waals surface area contributed by atoms with E-state index in [-0.39, 0.29) is 0 Å². The van der Waals surface area contributed by atoms with Crippen LogP contribution in [0.1, 0.15) is 42.6 Å². The Morgan fingerprint density at radius 2 is 2.00 bits per heavy atom. The van der Waals surface area contributed by atoms with Crippen LogP contribution < -0.4 is 4.90 Å². The molecule has 25 heavy (non-hydrogen) atoms. The highest BCUT2D eigenvalue weighted by Crippen LogP contribution is 2.35. The molecule has 0 aliphatic carbocycles. The number of hydrogen-bond acceptors (Lipinski definition) is 4. The van der Waals surface area contributed by atoms with Crippen LogP contribution in [0, 0.1) is 0 Å². The highest BCUT2D eigenvalue weighted by molar-refractivity contribution is 5.61. The Hall–Kier alpha value is -1.91. The van der Waals surface area contributed by atoms with Crippen LogP contribution in [0.15, 0.2) is 42.7 Å². The maximum absolute atomic E-state index is 10.7. The van der Waals surface area contributed by atoms with Crippen molar-refractivity contribution < 1.29 is 5.11 Å². The summed E-state index contributed by atoms with van der Waals surface area (Å²) in [5.41, 5.74) is 4.56. The van der Waals surface area contributed by atoms with Crippen molar-refractivity contribution in [3.63, 3.8) is 0 Å². The molecule has 1 atom stereocenters. The lowest BCUT2D eigenvalue weighted by Crippen LogP contribution is -2.44. The number of likely N-dealkylation sites (tertiary alicyclic amines) is 1. The molecule has 0 saturated carbocycles. The van der Waals surface area contributed by atoms with E-state index in [0.717, 1.165) is 30.6 Å². The summed E-state index contributed by atoms with van der Waals surface area (Å²) >= 11 is 0. The molecule has 132 valence electrons. The summed E-state index contributed by atoms with van der Waals surface area (Å²) in [5, 5.41) is 10.7. The van der Waals surface area contributed by atoms with Crippen LogP contribution in [-0.4, -0.2) is 47.2 Å². The van der Waals surface area contributed by atoms with Gasteiger partial charge in [0.25, 0.3) is 0 Å². The van der Waals surface area contributed by atoms with Crippen molar-refractivity contribution in [1.29, 1.82) is 0 Å². The van der Waals surface area contributed by atoms with Crippen molar-refractivity contribution in [3.8, 4) is 0 Å². The van der Waals surface area contributed by atoms with Gasteiger partial charge in [-0.1, -0.05) is 25.1 Å². The van der Waals surface area contributed by atoms with Gasteiger partial charge in [-0.15, -0.1) is 0 Å². The zero-order valence-electron chi connectivity index (χ0n) is 14.9. The first-order valence-corrected chi connectivity index (χ1v) is 9.46. The largest absolute Gasteiger partial charge is 0.384 e. The zero-order chi connectivity index (χ0) is 17.2. The molecule has 1 aromatic heterocycles. The highest BCUT2D eigenvalue weighted by Gasteiger charge is 2.29. The molecule has 4 rings (SSSR count). The third-order valence-electron chi connectivity index (χ3n) is 5.80. The van der Waals surface area contributed by atoms with Crippen LogP contribution in [0.4, 0.5) is 5.69 Å². The lowest BCUT2D eigenvalue weighted by molar-refractivity contribution is 0.218. The van der Waals surface area contributed by atoms with Gasteiger partial charge < -0.3 is 14.9 Å². The fourth-order valence-electron chi connectivity index (χ4n) is 4.25. The Bertz CT molecular complexity index is 710. The summed E-state index contributed by atoms with van der Waals surface area (Å²) in [4.78, 5) is 9.26. The van der Waals surface area contributed by atoms with Gasteiger partial charge in [0.2, 0.25) is 0 Å². The Morgan fingerprint density at radius 1 is 1.16 bits per heavy atom. The van der Waals surface area contributed by atoms with Crippen LogP contribution in [0.2, 0.25) is 0 Å². The Morgan fingerprint density at radius 3 is 2.72 bits per heavy atom. The fourth-order valence-corrected chi connectivity index (χ4v) is 4.25. The summed E-state index contributed by atoms with van der Waals surface area (Å²) in [6, 6.07) is 10.9. The lowest BCUT2D eigenvalue weighted by atomic mass is 9.99. The van der Waals surface area contributed by atoms with E-state index in [4.69, 9.17) is 0 Å². The second-order valence-corrected chi connectivity index (χ2v) is 7.19. The van der Waals surface area contributed by atoms with Gasteiger partial charge >= 0.3 is 0 Å². The lowest BCUT2D eigenvalue weighted by Gasteiger charge is -2.37. The SMILES string of the molecule is CCN1CCC(N2CCc3ccc(C(O)c4cccnc4)cc32)CC1. The zero-order valence-corrected chi connectivity index (χ0v) is 14.9. The first kappa shape index (κ1) is 16.6. The van der Waals surface area contributed by atoms with Gasteiger partial charge in [-0.3, -0.25) is 4.98 Å². The van der Waals surface area contributed by atoms with Crippen LogP contribution in [0.3, 0.4) is 0 Å². The molecule has 0 radical (unpaired) electrons. The number of nitrogens with zero attached hydrogens (tertiary/aromatic N) is 3. The van der Waals surface area contributed by atoms with Gasteiger partial charge in [0.05, 0.1) is 0 Å². The molecule has 4 heteroatoms. The molecule has 1 N–H and O–H groups in total. The van der Waals surface area contributed by atoms with Gasteiger partial charge in [0.1, 0.15) is 6.10 Å². The van der Waals surface area contributed by atoms with Crippen molar-refractivity contribution in [3.05, 3.63) is 59.4 Å². The average Bonchev–Trinajstić information content (AvgIpc) is 3.11. The number of aliphatic hydroxyl groups is 1. The van der Waals surface area contributed by atoms with E-state index in [2.05, 4.69) is 39.9 Å². The molecule has 1 saturated heterocycles. The summed E-state index contributed by atoms with van der Waals surface area (Å²) in [6.45, 7) is 6.91. The van der Waals surface area contributed by atoms with E-state index >= 15 is 0 Å². The monoisotopic (exact) mass is 337 g/mol. The van der Waals surface area contributed by atoms with E-state index < -0.39 is 6.10 Å². The number of piperidine rings is 1. The molecule has 2 aliphatic rings. The first-order chi connectivity index (χ1) is 12.3. The van der Waals surface area contributed by atoms with Gasteiger partial charge in [-0.25, -0.2) is 0 Å². The molecule has 3 heterocycles. The Kier molecular flexibility index (Phi) is 4.73. The van der Waals surface area contributed by atoms with Crippen molar-refractivity contribution >= 4 is 5.69 Å². The third kappa shape index (κ3) is 3.29. The van der Waals surface area contributed by atoms with E-state index in [9.17, 15) is 5.11 Å². The summed E-state index contributed by atoms with van der Waals surface area (Å²) < 4.78 is 0. The first-order valence-electron chi connectivity index (χ1n) is 9.46. The minimum absolute atomic E-state index is 0.608. The number of aliphatic hydroxyl groups excluding tert-OH is 1. The van der Waals surface area contributed by atoms with Gasteiger partial charge in [0, 0.05) is 49.3 Å². The predicted octanol–water partition coefficient (Wildman–Crippen LogP) is 3.01. The molecule has 1 fully saturated rings. The van der Waals surface area contributed by atoms with Crippen LogP contribution in [0.5, 0.6) is 0 Å².